The minimum absolute atomic E-state index is 0.349. The molecule has 8 heteroatoms. The number of nitrogens with one attached hydrogen (secondary N) is 1. The molecule has 0 aliphatic carbocycles. The van der Waals surface area contributed by atoms with E-state index in [4.69, 9.17) is 4.98 Å². The molecule has 0 amide bonds. The first kappa shape index (κ1) is 15.6. The highest BCUT2D eigenvalue weighted by Crippen LogP contribution is 2.28. The number of H-pyrrole nitrogens is 1. The average Bonchev–Trinajstić information content (AvgIpc) is 3.17. The molecule has 1 fully saturated rings. The number of rotatable bonds is 3. The van der Waals surface area contributed by atoms with Crippen molar-refractivity contribution in [3.8, 4) is 11.3 Å². The van der Waals surface area contributed by atoms with E-state index in [1.165, 1.54) is 0 Å². The third-order valence-electron chi connectivity index (χ3n) is 4.65. The summed E-state index contributed by atoms with van der Waals surface area (Å²) in [5, 5.41) is 14.4. The van der Waals surface area contributed by atoms with E-state index in [1.807, 2.05) is 32.2 Å². The Balaban J connectivity index is 1.52. The average molecular weight is 336 g/mol. The molecular formula is C17H20N8. The van der Waals surface area contributed by atoms with E-state index in [1.54, 1.807) is 0 Å². The van der Waals surface area contributed by atoms with E-state index in [0.29, 0.717) is 5.92 Å². The number of hydrogen-bond donors (Lipinski definition) is 1. The maximum absolute atomic E-state index is 4.77. The fourth-order valence-corrected chi connectivity index (χ4v) is 3.29. The van der Waals surface area contributed by atoms with Crippen LogP contribution in [0.3, 0.4) is 0 Å². The standard InChI is InChI=1S/C17H20N8/c1-11-3-4-14(12(2)19-11)15-5-8-18-17(20-15)25-9-6-13(7-10-25)16-21-23-24-22-16/h3-5,8,13H,6-7,9-10H2,1-2H3,(H,21,22,23,24). The third kappa shape index (κ3) is 3.19. The van der Waals surface area contributed by atoms with Crippen LogP contribution in [0.4, 0.5) is 5.95 Å². The molecule has 3 aromatic heterocycles. The van der Waals surface area contributed by atoms with Crippen molar-refractivity contribution in [1.82, 2.24) is 35.6 Å². The molecule has 3 aromatic rings. The zero-order valence-corrected chi connectivity index (χ0v) is 14.3. The second-order valence-electron chi connectivity index (χ2n) is 6.36. The van der Waals surface area contributed by atoms with E-state index >= 15 is 0 Å². The molecule has 0 atom stereocenters. The maximum Gasteiger partial charge on any atom is 0.225 e. The predicted molar refractivity (Wildman–Crippen MR) is 93.1 cm³/mol. The largest absolute Gasteiger partial charge is 0.341 e. The van der Waals surface area contributed by atoms with E-state index in [9.17, 15) is 0 Å². The molecule has 0 spiro atoms. The molecule has 25 heavy (non-hydrogen) atoms. The van der Waals surface area contributed by atoms with Crippen molar-refractivity contribution in [2.24, 2.45) is 0 Å². The molecule has 0 aromatic carbocycles. The number of aromatic nitrogens is 7. The third-order valence-corrected chi connectivity index (χ3v) is 4.65. The van der Waals surface area contributed by atoms with Crippen LogP contribution in [-0.4, -0.2) is 48.7 Å². The Labute approximate surface area is 145 Å². The Morgan fingerprint density at radius 2 is 1.92 bits per heavy atom. The Morgan fingerprint density at radius 1 is 1.08 bits per heavy atom. The SMILES string of the molecule is Cc1ccc(-c2ccnc(N3CCC(c4nn[nH]n4)CC3)n2)c(C)n1. The van der Waals surface area contributed by atoms with Crippen molar-refractivity contribution in [3.05, 3.63) is 41.6 Å². The highest BCUT2D eigenvalue weighted by molar-refractivity contribution is 5.62. The van der Waals surface area contributed by atoms with Crippen molar-refractivity contribution in [2.75, 3.05) is 18.0 Å². The van der Waals surface area contributed by atoms with Gasteiger partial charge in [0.05, 0.1) is 5.69 Å². The summed E-state index contributed by atoms with van der Waals surface area (Å²) in [5.41, 5.74) is 3.96. The van der Waals surface area contributed by atoms with Crippen molar-refractivity contribution < 1.29 is 0 Å². The molecule has 128 valence electrons. The number of piperidine rings is 1. The lowest BCUT2D eigenvalue weighted by molar-refractivity contribution is 0.481. The van der Waals surface area contributed by atoms with Gasteiger partial charge in [-0.15, -0.1) is 10.2 Å². The normalized spacial score (nSPS) is 15.5. The van der Waals surface area contributed by atoms with Gasteiger partial charge in [-0.25, -0.2) is 9.97 Å². The minimum atomic E-state index is 0.349. The van der Waals surface area contributed by atoms with E-state index in [0.717, 1.165) is 60.3 Å². The molecule has 0 saturated carbocycles. The molecule has 4 heterocycles. The molecule has 0 unspecified atom stereocenters. The van der Waals surface area contributed by atoms with Gasteiger partial charge in [0.25, 0.3) is 0 Å². The van der Waals surface area contributed by atoms with Gasteiger partial charge in [0.2, 0.25) is 5.95 Å². The molecule has 4 rings (SSSR count). The Bertz CT molecular complexity index is 853. The summed E-state index contributed by atoms with van der Waals surface area (Å²) < 4.78 is 0. The first-order chi connectivity index (χ1) is 12.2. The second kappa shape index (κ2) is 6.54. The zero-order valence-electron chi connectivity index (χ0n) is 14.3. The van der Waals surface area contributed by atoms with Crippen molar-refractivity contribution >= 4 is 5.95 Å². The van der Waals surface area contributed by atoms with Crippen LogP contribution in [0.25, 0.3) is 11.3 Å². The second-order valence-corrected chi connectivity index (χ2v) is 6.36. The predicted octanol–water partition coefficient (Wildman–Crippen LogP) is 2.05. The summed E-state index contributed by atoms with van der Waals surface area (Å²) >= 11 is 0. The van der Waals surface area contributed by atoms with Gasteiger partial charge >= 0.3 is 0 Å². The lowest BCUT2D eigenvalue weighted by Gasteiger charge is -2.30. The van der Waals surface area contributed by atoms with Gasteiger partial charge < -0.3 is 4.90 Å². The van der Waals surface area contributed by atoms with Gasteiger partial charge in [-0.3, -0.25) is 4.98 Å². The Morgan fingerprint density at radius 3 is 2.64 bits per heavy atom. The topological polar surface area (TPSA) is 96.4 Å². The number of aromatic amines is 1. The van der Waals surface area contributed by atoms with Gasteiger partial charge in [0.1, 0.15) is 0 Å². The summed E-state index contributed by atoms with van der Waals surface area (Å²) in [6.45, 7) is 5.78. The highest BCUT2D eigenvalue weighted by atomic mass is 15.5. The molecule has 1 aliphatic rings. The monoisotopic (exact) mass is 336 g/mol. The van der Waals surface area contributed by atoms with E-state index in [2.05, 4.69) is 41.6 Å². The minimum Gasteiger partial charge on any atom is -0.341 e. The van der Waals surface area contributed by atoms with Gasteiger partial charge in [-0.1, -0.05) is 5.21 Å². The Hall–Kier alpha value is -2.90. The molecule has 1 saturated heterocycles. The van der Waals surface area contributed by atoms with Gasteiger partial charge in [0, 0.05) is 42.2 Å². The van der Waals surface area contributed by atoms with Gasteiger partial charge in [-0.2, -0.15) is 5.21 Å². The first-order valence-electron chi connectivity index (χ1n) is 8.46. The van der Waals surface area contributed by atoms with Crippen LogP contribution < -0.4 is 4.90 Å². The molecular weight excluding hydrogens is 316 g/mol. The summed E-state index contributed by atoms with van der Waals surface area (Å²) in [6, 6.07) is 6.03. The van der Waals surface area contributed by atoms with Crippen LogP contribution in [0, 0.1) is 13.8 Å². The van der Waals surface area contributed by atoms with Gasteiger partial charge in [-0.05, 0) is 44.9 Å². The zero-order chi connectivity index (χ0) is 17.2. The van der Waals surface area contributed by atoms with E-state index in [-0.39, 0.29) is 0 Å². The van der Waals surface area contributed by atoms with Crippen LogP contribution in [0.2, 0.25) is 0 Å². The summed E-state index contributed by atoms with van der Waals surface area (Å²) in [7, 11) is 0. The molecule has 1 N–H and O–H groups in total. The summed E-state index contributed by atoms with van der Waals surface area (Å²) in [6.07, 6.45) is 3.76. The van der Waals surface area contributed by atoms with Crippen LogP contribution in [-0.2, 0) is 0 Å². The number of nitrogens with zero attached hydrogens (tertiary/aromatic N) is 7. The number of hydrogen-bond acceptors (Lipinski definition) is 7. The number of anilines is 1. The number of tetrazole rings is 1. The Kier molecular flexibility index (Phi) is 4.09. The van der Waals surface area contributed by atoms with Crippen LogP contribution in [0.5, 0.6) is 0 Å². The maximum atomic E-state index is 4.77. The smallest absolute Gasteiger partial charge is 0.225 e. The highest BCUT2D eigenvalue weighted by Gasteiger charge is 2.25. The molecule has 0 bridgehead atoms. The van der Waals surface area contributed by atoms with Crippen molar-refractivity contribution in [1.29, 1.82) is 0 Å². The quantitative estimate of drug-likeness (QED) is 0.782. The molecule has 1 aliphatic heterocycles. The van der Waals surface area contributed by atoms with Crippen LogP contribution >= 0.6 is 0 Å². The summed E-state index contributed by atoms with van der Waals surface area (Å²) in [5.74, 6) is 1.92. The van der Waals surface area contributed by atoms with Crippen LogP contribution in [0.15, 0.2) is 24.4 Å². The first-order valence-corrected chi connectivity index (χ1v) is 8.46. The summed E-state index contributed by atoms with van der Waals surface area (Å²) in [4.78, 5) is 16.0. The van der Waals surface area contributed by atoms with E-state index < -0.39 is 0 Å². The number of aryl methyl sites for hydroxylation is 2. The lowest BCUT2D eigenvalue weighted by Crippen LogP contribution is -2.34. The van der Waals surface area contributed by atoms with Crippen LogP contribution in [0.1, 0.15) is 36.0 Å². The lowest BCUT2D eigenvalue weighted by atomic mass is 9.96. The fraction of sp³-hybridized carbons (Fsp3) is 0.412. The molecule has 8 nitrogen and oxygen atoms in total. The number of pyridine rings is 1. The van der Waals surface area contributed by atoms with Crippen molar-refractivity contribution in [3.63, 3.8) is 0 Å². The van der Waals surface area contributed by atoms with Gasteiger partial charge in [0.15, 0.2) is 5.82 Å². The molecule has 0 radical (unpaired) electrons. The van der Waals surface area contributed by atoms with Crippen molar-refractivity contribution in [2.45, 2.75) is 32.6 Å². The fourth-order valence-electron chi connectivity index (χ4n) is 3.29.